The third-order valence-electron chi connectivity index (χ3n) is 3.86. The van der Waals surface area contributed by atoms with Crippen molar-refractivity contribution < 1.29 is 9.53 Å². The molecule has 0 bridgehead atoms. The summed E-state index contributed by atoms with van der Waals surface area (Å²) in [6, 6.07) is -0.0294. The third kappa shape index (κ3) is 4.55. The quantitative estimate of drug-likeness (QED) is 0.888. The van der Waals surface area contributed by atoms with Crippen molar-refractivity contribution >= 4 is 5.91 Å². The number of carbonyl (C=O) groups is 1. The average Bonchev–Trinajstić information content (AvgIpc) is 2.81. The van der Waals surface area contributed by atoms with Gasteiger partial charge in [-0.1, -0.05) is 0 Å². The summed E-state index contributed by atoms with van der Waals surface area (Å²) in [5.41, 5.74) is 1.15. The van der Waals surface area contributed by atoms with Crippen LogP contribution in [0.25, 0.3) is 0 Å². The van der Waals surface area contributed by atoms with E-state index in [-0.39, 0.29) is 30.2 Å². The molecule has 2 rings (SSSR count). The van der Waals surface area contributed by atoms with Crippen LogP contribution in [0.2, 0.25) is 0 Å². The minimum Gasteiger partial charge on any atom is -0.372 e. The topological polar surface area (TPSA) is 59.4 Å². The van der Waals surface area contributed by atoms with Crippen LogP contribution in [-0.2, 0) is 16.1 Å². The van der Waals surface area contributed by atoms with Gasteiger partial charge in [0, 0.05) is 25.3 Å². The first-order valence-corrected chi connectivity index (χ1v) is 8.04. The standard InChI is InChI=1S/C16H28N4O2/c1-11-6-17-20(7-11)8-12(2)18-15(5)16(21)19-9-13(3)22-14(4)10-19/h6-7,12-15,18H,8-10H2,1-5H3. The molecule has 4 unspecified atom stereocenters. The van der Waals surface area contributed by atoms with Gasteiger partial charge in [0.2, 0.25) is 5.91 Å². The van der Waals surface area contributed by atoms with Gasteiger partial charge in [-0.05, 0) is 40.2 Å². The van der Waals surface area contributed by atoms with Crippen molar-refractivity contribution in [1.82, 2.24) is 20.0 Å². The Hall–Kier alpha value is -1.40. The maximum Gasteiger partial charge on any atom is 0.239 e. The number of nitrogens with zero attached hydrogens (tertiary/aromatic N) is 3. The Labute approximate surface area is 132 Å². The van der Waals surface area contributed by atoms with Crippen molar-refractivity contribution in [2.45, 2.75) is 65.5 Å². The van der Waals surface area contributed by atoms with Gasteiger partial charge < -0.3 is 15.0 Å². The lowest BCUT2D eigenvalue weighted by Crippen LogP contribution is -2.54. The molecule has 1 aromatic heterocycles. The lowest BCUT2D eigenvalue weighted by molar-refractivity contribution is -0.145. The number of hydrogen-bond acceptors (Lipinski definition) is 4. The number of hydrogen-bond donors (Lipinski definition) is 1. The minimum atomic E-state index is -0.204. The Morgan fingerprint density at radius 2 is 2.05 bits per heavy atom. The van der Waals surface area contributed by atoms with E-state index in [1.807, 2.05) is 49.7 Å². The van der Waals surface area contributed by atoms with Crippen molar-refractivity contribution in [2.75, 3.05) is 13.1 Å². The van der Waals surface area contributed by atoms with E-state index >= 15 is 0 Å². The number of aryl methyl sites for hydroxylation is 1. The molecule has 2 heterocycles. The number of rotatable bonds is 5. The molecule has 0 aromatic carbocycles. The molecule has 0 aliphatic carbocycles. The maximum atomic E-state index is 12.6. The molecule has 22 heavy (non-hydrogen) atoms. The van der Waals surface area contributed by atoms with Crippen molar-refractivity contribution in [3.8, 4) is 0 Å². The molecule has 1 aromatic rings. The first-order valence-electron chi connectivity index (χ1n) is 8.04. The monoisotopic (exact) mass is 308 g/mol. The number of ether oxygens (including phenoxy) is 1. The highest BCUT2D eigenvalue weighted by Gasteiger charge is 2.29. The largest absolute Gasteiger partial charge is 0.372 e. The van der Waals surface area contributed by atoms with Crippen molar-refractivity contribution in [3.63, 3.8) is 0 Å². The fraction of sp³-hybridized carbons (Fsp3) is 0.750. The molecule has 0 radical (unpaired) electrons. The van der Waals surface area contributed by atoms with E-state index in [1.165, 1.54) is 0 Å². The summed E-state index contributed by atoms with van der Waals surface area (Å²) in [4.78, 5) is 14.5. The smallest absolute Gasteiger partial charge is 0.239 e. The Bertz CT molecular complexity index is 492. The molecule has 1 saturated heterocycles. The van der Waals surface area contributed by atoms with E-state index in [2.05, 4.69) is 17.3 Å². The predicted octanol–water partition coefficient (Wildman–Crippen LogP) is 1.19. The molecular formula is C16H28N4O2. The van der Waals surface area contributed by atoms with Gasteiger partial charge >= 0.3 is 0 Å². The SMILES string of the molecule is Cc1cnn(CC(C)NC(C)C(=O)N2CC(C)OC(C)C2)c1. The number of carbonyl (C=O) groups excluding carboxylic acids is 1. The third-order valence-corrected chi connectivity index (χ3v) is 3.86. The molecule has 1 amide bonds. The second-order valence-electron chi connectivity index (χ2n) is 6.53. The summed E-state index contributed by atoms with van der Waals surface area (Å²) >= 11 is 0. The molecule has 6 nitrogen and oxygen atoms in total. The Morgan fingerprint density at radius 1 is 1.41 bits per heavy atom. The number of nitrogens with one attached hydrogen (secondary N) is 1. The van der Waals surface area contributed by atoms with Crippen LogP contribution in [0, 0.1) is 6.92 Å². The zero-order valence-electron chi connectivity index (χ0n) is 14.2. The lowest BCUT2D eigenvalue weighted by Gasteiger charge is -2.37. The maximum absolute atomic E-state index is 12.6. The van der Waals surface area contributed by atoms with Gasteiger partial charge in [0.05, 0.1) is 31.0 Å². The average molecular weight is 308 g/mol. The number of morpholine rings is 1. The highest BCUT2D eigenvalue weighted by atomic mass is 16.5. The van der Waals surface area contributed by atoms with Crippen LogP contribution in [0.3, 0.4) is 0 Å². The summed E-state index contributed by atoms with van der Waals surface area (Å²) in [7, 11) is 0. The summed E-state index contributed by atoms with van der Waals surface area (Å²) in [5, 5.41) is 7.65. The van der Waals surface area contributed by atoms with Crippen LogP contribution in [0.15, 0.2) is 12.4 Å². The van der Waals surface area contributed by atoms with Gasteiger partial charge in [0.1, 0.15) is 0 Å². The van der Waals surface area contributed by atoms with Gasteiger partial charge in [-0.25, -0.2) is 0 Å². The van der Waals surface area contributed by atoms with E-state index in [4.69, 9.17) is 4.74 Å². The molecule has 1 fully saturated rings. The lowest BCUT2D eigenvalue weighted by atomic mass is 10.2. The molecule has 124 valence electrons. The summed E-state index contributed by atoms with van der Waals surface area (Å²) < 4.78 is 7.59. The van der Waals surface area contributed by atoms with Crippen LogP contribution in [-0.4, -0.2) is 58.0 Å². The second-order valence-corrected chi connectivity index (χ2v) is 6.53. The van der Waals surface area contributed by atoms with Crippen LogP contribution >= 0.6 is 0 Å². The summed E-state index contributed by atoms with van der Waals surface area (Å²) in [6.45, 7) is 12.1. The van der Waals surface area contributed by atoms with E-state index in [9.17, 15) is 4.79 Å². The number of amides is 1. The fourth-order valence-electron chi connectivity index (χ4n) is 3.03. The van der Waals surface area contributed by atoms with Gasteiger partial charge in [-0.15, -0.1) is 0 Å². The first-order chi connectivity index (χ1) is 10.3. The molecule has 6 heteroatoms. The minimum absolute atomic E-state index is 0.101. The highest BCUT2D eigenvalue weighted by Crippen LogP contribution is 2.12. The van der Waals surface area contributed by atoms with Crippen molar-refractivity contribution in [2.24, 2.45) is 0 Å². The van der Waals surface area contributed by atoms with Gasteiger partial charge in [-0.3, -0.25) is 9.48 Å². The van der Waals surface area contributed by atoms with Gasteiger partial charge in [0.25, 0.3) is 0 Å². The molecule has 0 spiro atoms. The summed E-state index contributed by atoms with van der Waals surface area (Å²) in [6.07, 6.45) is 4.06. The van der Waals surface area contributed by atoms with Crippen LogP contribution in [0.5, 0.6) is 0 Å². The van der Waals surface area contributed by atoms with E-state index < -0.39 is 0 Å². The zero-order valence-corrected chi connectivity index (χ0v) is 14.2. The van der Waals surface area contributed by atoms with Crippen LogP contribution < -0.4 is 5.32 Å². The highest BCUT2D eigenvalue weighted by molar-refractivity contribution is 5.81. The van der Waals surface area contributed by atoms with Gasteiger partial charge in [-0.2, -0.15) is 5.10 Å². The summed E-state index contributed by atoms with van der Waals surface area (Å²) in [5.74, 6) is 0.144. The van der Waals surface area contributed by atoms with Crippen molar-refractivity contribution in [1.29, 1.82) is 0 Å². The molecule has 1 aliphatic rings. The molecule has 1 N–H and O–H groups in total. The Morgan fingerprint density at radius 3 is 2.59 bits per heavy atom. The Balaban J connectivity index is 1.85. The normalized spacial score (nSPS) is 25.0. The Kier molecular flexibility index (Phi) is 5.58. The molecule has 1 aliphatic heterocycles. The fourth-order valence-corrected chi connectivity index (χ4v) is 3.03. The molecule has 4 atom stereocenters. The number of aromatic nitrogens is 2. The zero-order chi connectivity index (χ0) is 16.3. The van der Waals surface area contributed by atoms with E-state index in [0.29, 0.717) is 13.1 Å². The van der Waals surface area contributed by atoms with Crippen LogP contribution in [0.4, 0.5) is 0 Å². The van der Waals surface area contributed by atoms with Gasteiger partial charge in [0.15, 0.2) is 0 Å². The van der Waals surface area contributed by atoms with E-state index in [0.717, 1.165) is 12.1 Å². The molecule has 0 saturated carbocycles. The second kappa shape index (κ2) is 7.24. The first kappa shape index (κ1) is 17.0. The van der Waals surface area contributed by atoms with Crippen LogP contribution in [0.1, 0.15) is 33.3 Å². The van der Waals surface area contributed by atoms with Crippen molar-refractivity contribution in [3.05, 3.63) is 18.0 Å². The van der Waals surface area contributed by atoms with E-state index in [1.54, 1.807) is 0 Å². The molecular weight excluding hydrogens is 280 g/mol. The predicted molar refractivity (Wildman–Crippen MR) is 85.6 cm³/mol.